The summed E-state index contributed by atoms with van der Waals surface area (Å²) < 4.78 is 0. The molecule has 0 saturated carbocycles. The Morgan fingerprint density at radius 3 is 2.26 bits per heavy atom. The third-order valence-electron chi connectivity index (χ3n) is 6.27. The van der Waals surface area contributed by atoms with Crippen molar-refractivity contribution in [2.24, 2.45) is 0 Å². The zero-order valence-corrected chi connectivity index (χ0v) is 24.2. The zero-order valence-electron chi connectivity index (χ0n) is 20.2. The van der Waals surface area contributed by atoms with Crippen molar-refractivity contribution in [3.63, 3.8) is 0 Å². The van der Waals surface area contributed by atoms with Crippen LogP contribution in [0.25, 0.3) is 21.8 Å². The van der Waals surface area contributed by atoms with Crippen molar-refractivity contribution in [1.82, 2.24) is 9.97 Å². The summed E-state index contributed by atoms with van der Waals surface area (Å²) in [4.78, 5) is 25.7. The number of halogens is 2. The Balaban J connectivity index is 1.22. The summed E-state index contributed by atoms with van der Waals surface area (Å²) in [6.45, 7) is 2.03. The molecule has 1 fully saturated rings. The zero-order chi connectivity index (χ0) is 26.2. The number of hydrogen-bond donors (Lipinski definition) is 0. The number of hydrogen-bond acceptors (Lipinski definition) is 6. The second-order valence-corrected chi connectivity index (χ2v) is 12.8. The normalized spacial score (nSPS) is 15.4. The fourth-order valence-corrected chi connectivity index (χ4v) is 8.03. The van der Waals surface area contributed by atoms with E-state index in [1.54, 1.807) is 34.4 Å². The van der Waals surface area contributed by atoms with Gasteiger partial charge in [-0.15, -0.1) is 34.4 Å². The topological polar surface area (TPSA) is 46.1 Å². The number of carbonyl (C=O) groups excluding carboxylic acids is 1. The van der Waals surface area contributed by atoms with Gasteiger partial charge in [-0.25, -0.2) is 9.97 Å². The van der Waals surface area contributed by atoms with Gasteiger partial charge in [-0.2, -0.15) is 0 Å². The van der Waals surface area contributed by atoms with Crippen LogP contribution in [0.4, 0.5) is 5.69 Å². The molecule has 0 radical (unpaired) electrons. The Labute approximate surface area is 243 Å². The average Bonchev–Trinajstić information content (AvgIpc) is 3.65. The van der Waals surface area contributed by atoms with Crippen molar-refractivity contribution >= 4 is 69.2 Å². The van der Waals surface area contributed by atoms with Crippen LogP contribution in [0.15, 0.2) is 78.2 Å². The number of aryl methyl sites for hydroxylation is 1. The molecule has 0 spiro atoms. The molecule has 190 valence electrons. The van der Waals surface area contributed by atoms with Crippen molar-refractivity contribution in [2.45, 2.75) is 18.7 Å². The van der Waals surface area contributed by atoms with Gasteiger partial charge in [0.25, 0.3) is 0 Å². The third kappa shape index (κ3) is 5.26. The van der Waals surface area contributed by atoms with Crippen molar-refractivity contribution in [3.05, 3.63) is 109 Å². The molecule has 1 unspecified atom stereocenters. The molecule has 3 aromatic carbocycles. The summed E-state index contributed by atoms with van der Waals surface area (Å²) in [7, 11) is 0. The monoisotopic (exact) mass is 593 g/mol. The molecule has 1 amide bonds. The van der Waals surface area contributed by atoms with Crippen molar-refractivity contribution < 1.29 is 4.79 Å². The van der Waals surface area contributed by atoms with Crippen LogP contribution in [-0.2, 0) is 11.2 Å². The Morgan fingerprint density at radius 2 is 1.55 bits per heavy atom. The summed E-state index contributed by atoms with van der Waals surface area (Å²) in [5, 5.41) is 5.39. The van der Waals surface area contributed by atoms with Gasteiger partial charge < -0.3 is 0 Å². The molecule has 6 rings (SSSR count). The molecule has 0 aliphatic carbocycles. The second-order valence-electron chi connectivity index (χ2n) is 8.88. The molecular weight excluding hydrogens is 573 g/mol. The van der Waals surface area contributed by atoms with Gasteiger partial charge in [0.15, 0.2) is 0 Å². The average molecular weight is 595 g/mol. The minimum atomic E-state index is -0.0828. The number of carbonyl (C=O) groups is 1. The van der Waals surface area contributed by atoms with Crippen LogP contribution in [0.1, 0.15) is 26.5 Å². The number of thiazole rings is 2. The molecule has 5 aromatic rings. The predicted octanol–water partition coefficient (Wildman–Crippen LogP) is 8.92. The maximum atomic E-state index is 13.0. The Morgan fingerprint density at radius 1 is 0.895 bits per heavy atom. The summed E-state index contributed by atoms with van der Waals surface area (Å²) in [5.41, 5.74) is 5.99. The highest BCUT2D eigenvalue weighted by Gasteiger charge is 2.36. The van der Waals surface area contributed by atoms with Crippen LogP contribution in [0.5, 0.6) is 0 Å². The maximum absolute atomic E-state index is 13.0. The molecule has 1 aliphatic rings. The fourth-order valence-electron chi connectivity index (χ4n) is 4.37. The molecule has 1 atom stereocenters. The molecule has 2 aromatic heterocycles. The lowest BCUT2D eigenvalue weighted by Gasteiger charge is -2.23. The van der Waals surface area contributed by atoms with Crippen LogP contribution in [-0.4, -0.2) is 21.6 Å². The highest BCUT2D eigenvalue weighted by molar-refractivity contribution is 8.01. The summed E-state index contributed by atoms with van der Waals surface area (Å²) in [6, 6.07) is 23.7. The van der Waals surface area contributed by atoms with Gasteiger partial charge in [0, 0.05) is 38.7 Å². The van der Waals surface area contributed by atoms with Gasteiger partial charge in [0.1, 0.15) is 10.4 Å². The van der Waals surface area contributed by atoms with Gasteiger partial charge in [0.05, 0.1) is 27.0 Å². The minimum Gasteiger partial charge on any atom is -0.294 e. The van der Waals surface area contributed by atoms with E-state index in [9.17, 15) is 4.79 Å². The first-order valence-corrected chi connectivity index (χ1v) is 15.4. The Hall–Kier alpha value is -2.68. The minimum absolute atomic E-state index is 0.0828. The van der Waals surface area contributed by atoms with E-state index in [1.165, 1.54) is 5.56 Å². The second kappa shape index (κ2) is 10.8. The van der Waals surface area contributed by atoms with E-state index in [1.807, 2.05) is 84.6 Å². The van der Waals surface area contributed by atoms with Crippen LogP contribution >= 0.6 is 57.6 Å². The fraction of sp³-hybridized carbons (Fsp3) is 0.138. The van der Waals surface area contributed by atoms with E-state index in [0.717, 1.165) is 54.5 Å². The highest BCUT2D eigenvalue weighted by atomic mass is 35.5. The molecule has 1 aliphatic heterocycles. The van der Waals surface area contributed by atoms with Gasteiger partial charge in [0.2, 0.25) is 5.91 Å². The summed E-state index contributed by atoms with van der Waals surface area (Å²) in [5.74, 6) is 0.561. The van der Waals surface area contributed by atoms with E-state index < -0.39 is 0 Å². The third-order valence-corrected chi connectivity index (χ3v) is 10.2. The lowest BCUT2D eigenvalue weighted by atomic mass is 10.1. The molecule has 1 saturated heterocycles. The smallest absolute Gasteiger partial charge is 0.238 e. The number of nitrogens with zero attached hydrogens (tertiary/aromatic N) is 3. The summed E-state index contributed by atoms with van der Waals surface area (Å²) >= 11 is 17.0. The molecular formula is C29H21Cl2N3OS3. The van der Waals surface area contributed by atoms with E-state index in [-0.39, 0.29) is 11.3 Å². The molecule has 38 heavy (non-hydrogen) atoms. The quantitative estimate of drug-likeness (QED) is 0.197. The number of anilines is 1. The van der Waals surface area contributed by atoms with Crippen molar-refractivity contribution in [1.29, 1.82) is 0 Å². The van der Waals surface area contributed by atoms with E-state index >= 15 is 0 Å². The molecule has 0 N–H and O–H groups in total. The lowest BCUT2D eigenvalue weighted by Crippen LogP contribution is -2.27. The van der Waals surface area contributed by atoms with Crippen LogP contribution in [0, 0.1) is 6.92 Å². The first-order chi connectivity index (χ1) is 18.4. The van der Waals surface area contributed by atoms with Crippen LogP contribution in [0.2, 0.25) is 10.0 Å². The standard InChI is InChI=1S/C29H21Cl2N3OS3/c1-17-27(38-25(32-17)14-18-2-8-21(30)9-3-18)29-34(26(35)16-37-29)23-12-6-19(7-13-23)24-15-36-28(33-24)20-4-10-22(31)11-5-20/h2-13,15,29H,14,16H2,1H3. The first kappa shape index (κ1) is 25.6. The van der Waals surface area contributed by atoms with E-state index in [4.69, 9.17) is 33.2 Å². The number of rotatable bonds is 6. The molecule has 0 bridgehead atoms. The van der Waals surface area contributed by atoms with E-state index in [0.29, 0.717) is 10.8 Å². The highest BCUT2D eigenvalue weighted by Crippen LogP contribution is 2.45. The number of aromatic nitrogens is 2. The van der Waals surface area contributed by atoms with Crippen molar-refractivity contribution in [2.75, 3.05) is 10.7 Å². The molecule has 4 nitrogen and oxygen atoms in total. The Bertz CT molecular complexity index is 1600. The van der Waals surface area contributed by atoms with Crippen molar-refractivity contribution in [3.8, 4) is 21.8 Å². The van der Waals surface area contributed by atoms with Crippen LogP contribution < -0.4 is 4.90 Å². The van der Waals surface area contributed by atoms with Gasteiger partial charge in [-0.1, -0.05) is 59.6 Å². The first-order valence-electron chi connectivity index (χ1n) is 11.9. The largest absolute Gasteiger partial charge is 0.294 e. The molecule has 9 heteroatoms. The number of thioether (sulfide) groups is 1. The number of amides is 1. The predicted molar refractivity (Wildman–Crippen MR) is 162 cm³/mol. The van der Waals surface area contributed by atoms with Gasteiger partial charge in [-0.3, -0.25) is 9.69 Å². The van der Waals surface area contributed by atoms with E-state index in [2.05, 4.69) is 5.38 Å². The van der Waals surface area contributed by atoms with Gasteiger partial charge >= 0.3 is 0 Å². The SMILES string of the molecule is Cc1nc(Cc2ccc(Cl)cc2)sc1C1SCC(=O)N1c1ccc(-c2csc(-c3ccc(Cl)cc3)n2)cc1. The molecule has 3 heterocycles. The van der Waals surface area contributed by atoms with Gasteiger partial charge in [-0.05, 0) is 48.9 Å². The number of benzene rings is 3. The Kier molecular flexibility index (Phi) is 7.29. The maximum Gasteiger partial charge on any atom is 0.238 e. The lowest BCUT2D eigenvalue weighted by molar-refractivity contribution is -0.115. The van der Waals surface area contributed by atoms with Crippen LogP contribution in [0.3, 0.4) is 0 Å². The summed E-state index contributed by atoms with van der Waals surface area (Å²) in [6.07, 6.45) is 0.744.